The van der Waals surface area contributed by atoms with E-state index in [9.17, 15) is 0 Å². The van der Waals surface area contributed by atoms with Crippen LogP contribution in [-0.2, 0) is 6.54 Å². The number of para-hydroxylation sites is 1. The van der Waals surface area contributed by atoms with Crippen molar-refractivity contribution in [3.63, 3.8) is 0 Å². The zero-order valence-corrected chi connectivity index (χ0v) is 11.9. The number of aryl methyl sites for hydroxylation is 1. The van der Waals surface area contributed by atoms with Crippen molar-refractivity contribution < 1.29 is 28.5 Å². The Balaban J connectivity index is 0.00000112. The molecule has 0 saturated heterocycles. The van der Waals surface area contributed by atoms with Crippen LogP contribution in [0.25, 0.3) is 10.2 Å². The van der Waals surface area contributed by atoms with Crippen LogP contribution in [0.2, 0.25) is 0 Å². The van der Waals surface area contributed by atoms with Crippen molar-refractivity contribution in [3.05, 3.63) is 29.8 Å². The number of benzene rings is 1. The molecule has 0 aliphatic rings. The van der Waals surface area contributed by atoms with E-state index >= 15 is 0 Å². The second-order valence-corrected chi connectivity index (χ2v) is 4.48. The van der Waals surface area contributed by atoms with Crippen molar-refractivity contribution in [1.29, 1.82) is 0 Å². The Morgan fingerprint density at radius 3 is 2.80 bits per heavy atom. The molecule has 1 nitrogen and oxygen atoms in total. The van der Waals surface area contributed by atoms with Gasteiger partial charge in [0.05, 0.1) is 0 Å². The monoisotopic (exact) mass is 333 g/mol. The molecule has 0 fully saturated rings. The van der Waals surface area contributed by atoms with Gasteiger partial charge in [0.1, 0.15) is 11.2 Å². The normalized spacial score (nSPS) is 10.2. The van der Waals surface area contributed by atoms with Gasteiger partial charge in [0.25, 0.3) is 0 Å². The number of fused-ring (bicyclic) bond motifs is 1. The van der Waals surface area contributed by atoms with Crippen LogP contribution in [0.15, 0.2) is 29.8 Å². The molecule has 15 heavy (non-hydrogen) atoms. The minimum Gasteiger partial charge on any atom is -1.00 e. The summed E-state index contributed by atoms with van der Waals surface area (Å²) in [6.45, 7) is 3.41. The topological polar surface area (TPSA) is 3.88 Å². The van der Waals surface area contributed by atoms with Gasteiger partial charge in [0.15, 0.2) is 0 Å². The van der Waals surface area contributed by atoms with Gasteiger partial charge in [-0.3, -0.25) is 0 Å². The van der Waals surface area contributed by atoms with Crippen LogP contribution in [0.5, 0.6) is 0 Å². The van der Waals surface area contributed by atoms with Crippen molar-refractivity contribution in [3.8, 4) is 0 Å². The van der Waals surface area contributed by atoms with E-state index in [-0.39, 0.29) is 24.0 Å². The number of unbranched alkanes of at least 4 members (excludes halogenated alkanes) is 2. The van der Waals surface area contributed by atoms with E-state index in [1.54, 1.807) is 0 Å². The van der Waals surface area contributed by atoms with Crippen LogP contribution in [0.1, 0.15) is 26.2 Å². The van der Waals surface area contributed by atoms with E-state index in [0.29, 0.717) is 0 Å². The summed E-state index contributed by atoms with van der Waals surface area (Å²) in [6.07, 6.45) is 3.92. The first-order chi connectivity index (χ1) is 6.92. The summed E-state index contributed by atoms with van der Waals surface area (Å²) in [5, 5.41) is 0. The summed E-state index contributed by atoms with van der Waals surface area (Å²) in [5.74, 6) is 0. The average molecular weight is 333 g/mol. The molecule has 0 atom stereocenters. The van der Waals surface area contributed by atoms with Gasteiger partial charge in [0, 0.05) is 12.5 Å². The van der Waals surface area contributed by atoms with Gasteiger partial charge in [-0.25, -0.2) is 0 Å². The lowest BCUT2D eigenvalue weighted by molar-refractivity contribution is -0.667. The molecular formula is C12H16INS. The maximum Gasteiger partial charge on any atom is 0.225 e. The highest BCUT2D eigenvalue weighted by atomic mass is 127. The summed E-state index contributed by atoms with van der Waals surface area (Å²) >= 11 is 1.83. The van der Waals surface area contributed by atoms with Crippen LogP contribution in [0.4, 0.5) is 0 Å². The molecule has 1 aromatic heterocycles. The molecule has 0 unspecified atom stereocenters. The van der Waals surface area contributed by atoms with Gasteiger partial charge >= 0.3 is 0 Å². The number of rotatable bonds is 4. The van der Waals surface area contributed by atoms with Crippen molar-refractivity contribution in [2.75, 3.05) is 0 Å². The highest BCUT2D eigenvalue weighted by Gasteiger charge is 2.09. The Morgan fingerprint density at radius 1 is 1.20 bits per heavy atom. The molecule has 0 N–H and O–H groups in total. The third-order valence-electron chi connectivity index (χ3n) is 2.48. The summed E-state index contributed by atoms with van der Waals surface area (Å²) in [4.78, 5) is 0. The summed E-state index contributed by atoms with van der Waals surface area (Å²) < 4.78 is 3.76. The third-order valence-corrected chi connectivity index (χ3v) is 3.44. The van der Waals surface area contributed by atoms with Crippen molar-refractivity contribution in [2.24, 2.45) is 0 Å². The van der Waals surface area contributed by atoms with E-state index in [4.69, 9.17) is 0 Å². The molecule has 0 saturated carbocycles. The first kappa shape index (κ1) is 12.9. The van der Waals surface area contributed by atoms with E-state index in [0.717, 1.165) is 6.54 Å². The van der Waals surface area contributed by atoms with Gasteiger partial charge in [-0.2, -0.15) is 4.57 Å². The summed E-state index contributed by atoms with van der Waals surface area (Å²) in [5.41, 5.74) is 3.62. The Hall–Kier alpha value is -0.160. The first-order valence-electron chi connectivity index (χ1n) is 5.27. The second-order valence-electron chi connectivity index (χ2n) is 3.59. The predicted molar refractivity (Wildman–Crippen MR) is 61.5 cm³/mol. The first-order valence-corrected chi connectivity index (χ1v) is 6.15. The molecule has 0 radical (unpaired) electrons. The standard InChI is InChI=1S/C12H16NS.HI/c1-2-3-6-9-13-10-14-12-8-5-4-7-11(12)13;/h4-5,7-8,10H,2-3,6,9H2,1H3;1H/q+1;/p-1. The average Bonchev–Trinajstić information content (AvgIpc) is 2.63. The lowest BCUT2D eigenvalue weighted by Gasteiger charge is -1.93. The molecule has 0 aliphatic carbocycles. The van der Waals surface area contributed by atoms with Gasteiger partial charge in [-0.05, 0) is 12.5 Å². The second kappa shape index (κ2) is 6.43. The Kier molecular flexibility index (Phi) is 5.53. The molecule has 3 heteroatoms. The number of aromatic nitrogens is 1. The zero-order chi connectivity index (χ0) is 9.80. The van der Waals surface area contributed by atoms with Gasteiger partial charge in [-0.15, -0.1) is 0 Å². The van der Waals surface area contributed by atoms with E-state index in [1.807, 2.05) is 11.3 Å². The lowest BCUT2D eigenvalue weighted by Crippen LogP contribution is -3.00. The molecule has 82 valence electrons. The van der Waals surface area contributed by atoms with Crippen molar-refractivity contribution in [1.82, 2.24) is 0 Å². The Morgan fingerprint density at radius 2 is 2.00 bits per heavy atom. The zero-order valence-electron chi connectivity index (χ0n) is 8.95. The van der Waals surface area contributed by atoms with Crippen LogP contribution in [0.3, 0.4) is 0 Å². The van der Waals surface area contributed by atoms with Gasteiger partial charge in [-0.1, -0.05) is 36.8 Å². The fourth-order valence-electron chi connectivity index (χ4n) is 1.68. The Bertz CT molecular complexity index is 411. The molecule has 0 spiro atoms. The fourth-order valence-corrected chi connectivity index (χ4v) is 2.60. The molecule has 0 aliphatic heterocycles. The highest BCUT2D eigenvalue weighted by Crippen LogP contribution is 2.15. The van der Waals surface area contributed by atoms with E-state index in [1.165, 1.54) is 29.5 Å². The predicted octanol–water partition coefficient (Wildman–Crippen LogP) is 0.383. The minimum absolute atomic E-state index is 0. The highest BCUT2D eigenvalue weighted by molar-refractivity contribution is 7.16. The molecular weight excluding hydrogens is 317 g/mol. The van der Waals surface area contributed by atoms with Crippen LogP contribution in [-0.4, -0.2) is 0 Å². The summed E-state index contributed by atoms with van der Waals surface area (Å²) in [7, 11) is 0. The van der Waals surface area contributed by atoms with Crippen LogP contribution in [0, 0.1) is 0 Å². The lowest BCUT2D eigenvalue weighted by atomic mass is 10.2. The van der Waals surface area contributed by atoms with Crippen LogP contribution < -0.4 is 28.5 Å². The quantitative estimate of drug-likeness (QED) is 0.433. The number of hydrogen-bond donors (Lipinski definition) is 0. The number of nitrogens with zero attached hydrogens (tertiary/aromatic N) is 1. The smallest absolute Gasteiger partial charge is 0.225 e. The largest absolute Gasteiger partial charge is 1.00 e. The molecule has 0 amide bonds. The number of hydrogen-bond acceptors (Lipinski definition) is 1. The number of thiazole rings is 1. The van der Waals surface area contributed by atoms with E-state index < -0.39 is 0 Å². The maximum atomic E-state index is 2.37. The maximum absolute atomic E-state index is 2.37. The third kappa shape index (κ3) is 3.14. The Labute approximate surface area is 112 Å². The minimum atomic E-state index is 0. The van der Waals surface area contributed by atoms with Crippen molar-refractivity contribution >= 4 is 21.6 Å². The SMILES string of the molecule is CCCCC[n+]1csc2ccccc21.[I-]. The van der Waals surface area contributed by atoms with E-state index in [2.05, 4.69) is 41.3 Å². The fraction of sp³-hybridized carbons (Fsp3) is 0.417. The number of halogens is 1. The molecule has 1 aromatic carbocycles. The van der Waals surface area contributed by atoms with Gasteiger partial charge < -0.3 is 24.0 Å². The van der Waals surface area contributed by atoms with Crippen molar-refractivity contribution in [2.45, 2.75) is 32.7 Å². The van der Waals surface area contributed by atoms with Gasteiger partial charge in [0.2, 0.25) is 11.0 Å². The molecule has 2 rings (SSSR count). The van der Waals surface area contributed by atoms with Crippen LogP contribution >= 0.6 is 11.3 Å². The molecule has 1 heterocycles. The molecule has 0 bridgehead atoms. The molecule has 2 aromatic rings. The summed E-state index contributed by atoms with van der Waals surface area (Å²) in [6, 6.07) is 8.62.